The Balaban J connectivity index is 2.53. The Morgan fingerprint density at radius 2 is 1.15 bits per heavy atom. The predicted molar refractivity (Wildman–Crippen MR) is 218 cm³/mol. The van der Waals surface area contributed by atoms with Crippen LogP contribution in [0.25, 0.3) is 0 Å². The van der Waals surface area contributed by atoms with Crippen molar-refractivity contribution < 1.29 is 51.8 Å². The first kappa shape index (κ1) is 51.9. The summed E-state index contributed by atoms with van der Waals surface area (Å²) in [6, 6.07) is -0.912. The molecule has 1 rings (SSSR count). The maximum absolute atomic E-state index is 13.0. The average Bonchev–Trinajstić information content (AvgIpc) is 3.15. The highest BCUT2D eigenvalue weighted by molar-refractivity contribution is 7.80. The van der Waals surface area contributed by atoms with Crippen molar-refractivity contribution in [3.63, 3.8) is 0 Å². The van der Waals surface area contributed by atoms with Gasteiger partial charge in [0.2, 0.25) is 5.91 Å². The molecule has 0 bridgehead atoms. The fraction of sp³-hybridized carbons (Fsp3) is 0.929. The molecular weight excluding hydrogens is 727 g/mol. The van der Waals surface area contributed by atoms with E-state index in [0.29, 0.717) is 6.42 Å². The van der Waals surface area contributed by atoms with E-state index in [0.717, 1.165) is 38.5 Å². The largest absolute Gasteiger partial charge is 0.397 e. The molecule has 1 fully saturated rings. The van der Waals surface area contributed by atoms with E-state index in [2.05, 4.69) is 23.3 Å². The Labute approximate surface area is 334 Å². The fourth-order valence-electron chi connectivity index (χ4n) is 7.11. The number of hydrogen-bond acceptors (Lipinski definition) is 10. The molecule has 1 amide bonds. The molecule has 0 spiro atoms. The average molecular weight is 808 g/mol. The zero-order chi connectivity index (χ0) is 40.6. The van der Waals surface area contributed by atoms with Gasteiger partial charge in [-0.05, 0) is 19.3 Å². The van der Waals surface area contributed by atoms with Gasteiger partial charge in [-0.2, -0.15) is 8.42 Å². The lowest BCUT2D eigenvalue weighted by Gasteiger charge is -2.41. The quantitative estimate of drug-likeness (QED) is 0.0203. The lowest BCUT2D eigenvalue weighted by Crippen LogP contribution is -2.61. The summed E-state index contributed by atoms with van der Waals surface area (Å²) in [7, 11) is -5.03. The molecule has 55 heavy (non-hydrogen) atoms. The summed E-state index contributed by atoms with van der Waals surface area (Å²) in [6.45, 7) is 3.35. The SMILES string of the molecule is CCCCCCCCCCCCC/C=C/[C@@H](O)[C@H](CO[C@@H]1O[C@H](CO)[C@H](OS(=O)(=O)O)[C@H](O)[C@H]1O)NC(=O)CCCCCCCCCCCCCCCCC. The molecule has 0 radical (unpaired) electrons. The minimum Gasteiger partial charge on any atom is -0.394 e. The predicted octanol–water partition coefficient (Wildman–Crippen LogP) is 7.99. The van der Waals surface area contributed by atoms with E-state index in [1.54, 1.807) is 6.08 Å². The van der Waals surface area contributed by atoms with Crippen LogP contribution in [0.2, 0.25) is 0 Å². The van der Waals surface area contributed by atoms with E-state index >= 15 is 0 Å². The third-order valence-corrected chi connectivity index (χ3v) is 11.0. The highest BCUT2D eigenvalue weighted by Gasteiger charge is 2.47. The Morgan fingerprint density at radius 3 is 1.58 bits per heavy atom. The van der Waals surface area contributed by atoms with Gasteiger partial charge in [0.1, 0.15) is 24.4 Å². The summed E-state index contributed by atoms with van der Waals surface area (Å²) in [4.78, 5) is 13.0. The van der Waals surface area contributed by atoms with Crippen LogP contribution >= 0.6 is 0 Å². The molecule has 1 aliphatic heterocycles. The van der Waals surface area contributed by atoms with Gasteiger partial charge in [0.05, 0.1) is 25.4 Å². The standard InChI is InChI=1S/C42H81NO11S/c1-3-5-7-9-11-13-15-17-18-20-22-24-26-28-30-32-38(46)43-35(36(45)31-29-27-25-23-21-19-16-14-12-10-8-6-4-2)34-52-42-40(48)39(47)41(37(33-44)53-42)54-55(49,50)51/h29,31,35-37,39-42,44-45,47-48H,3-28,30,32-34H2,1-2H3,(H,43,46)(H,49,50,51)/b31-29+/t35-,36+,37+,39+,40+,41-,42+/m0/s1. The lowest BCUT2D eigenvalue weighted by atomic mass is 9.99. The minimum absolute atomic E-state index is 0.249. The van der Waals surface area contributed by atoms with E-state index in [4.69, 9.17) is 14.0 Å². The number of ether oxygens (including phenoxy) is 2. The number of allylic oxidation sites excluding steroid dienone is 1. The zero-order valence-corrected chi connectivity index (χ0v) is 35.3. The maximum Gasteiger partial charge on any atom is 0.397 e. The smallest absolute Gasteiger partial charge is 0.394 e. The topological polar surface area (TPSA) is 192 Å². The first-order chi connectivity index (χ1) is 26.5. The summed E-state index contributed by atoms with van der Waals surface area (Å²) >= 11 is 0. The monoisotopic (exact) mass is 808 g/mol. The molecule has 0 aromatic carbocycles. The Hall–Kier alpha value is -1.16. The second kappa shape index (κ2) is 33.8. The summed E-state index contributed by atoms with van der Waals surface area (Å²) in [5.74, 6) is -0.249. The molecule has 13 heteroatoms. The number of nitrogens with one attached hydrogen (secondary N) is 1. The molecule has 6 N–H and O–H groups in total. The van der Waals surface area contributed by atoms with E-state index in [1.807, 2.05) is 6.08 Å². The minimum atomic E-state index is -5.03. The van der Waals surface area contributed by atoms with E-state index < -0.39 is 59.9 Å². The molecule has 1 heterocycles. The second-order valence-corrected chi connectivity index (χ2v) is 16.7. The molecule has 7 atom stereocenters. The van der Waals surface area contributed by atoms with Crippen molar-refractivity contribution in [1.82, 2.24) is 5.32 Å². The van der Waals surface area contributed by atoms with Crippen LogP contribution in [-0.2, 0) is 28.9 Å². The number of carbonyl (C=O) groups excluding carboxylic acids is 1. The molecule has 326 valence electrons. The van der Waals surface area contributed by atoms with Crippen LogP contribution in [0.15, 0.2) is 12.2 Å². The van der Waals surface area contributed by atoms with Crippen LogP contribution in [0.4, 0.5) is 0 Å². The van der Waals surface area contributed by atoms with Gasteiger partial charge < -0.3 is 35.2 Å². The molecule has 0 aromatic heterocycles. The number of rotatable bonds is 37. The van der Waals surface area contributed by atoms with Crippen LogP contribution in [-0.4, -0.2) is 95.4 Å². The van der Waals surface area contributed by atoms with Crippen LogP contribution in [0.3, 0.4) is 0 Å². The summed E-state index contributed by atoms with van der Waals surface area (Å²) < 4.78 is 47.1. The summed E-state index contributed by atoms with van der Waals surface area (Å²) in [6.07, 6.45) is 27.0. The number of carbonyl (C=O) groups is 1. The molecule has 0 aromatic rings. The van der Waals surface area contributed by atoms with E-state index in [1.165, 1.54) is 128 Å². The molecule has 0 unspecified atom stereocenters. The van der Waals surface area contributed by atoms with Gasteiger partial charge in [-0.3, -0.25) is 9.35 Å². The van der Waals surface area contributed by atoms with Gasteiger partial charge in [0, 0.05) is 6.42 Å². The van der Waals surface area contributed by atoms with E-state index in [-0.39, 0.29) is 18.9 Å². The molecule has 1 saturated heterocycles. The van der Waals surface area contributed by atoms with Crippen LogP contribution in [0, 0.1) is 0 Å². The van der Waals surface area contributed by atoms with Crippen molar-refractivity contribution in [2.75, 3.05) is 13.2 Å². The van der Waals surface area contributed by atoms with Gasteiger partial charge in [0.25, 0.3) is 0 Å². The van der Waals surface area contributed by atoms with Gasteiger partial charge in [-0.1, -0.05) is 180 Å². The molecule has 12 nitrogen and oxygen atoms in total. The lowest BCUT2D eigenvalue weighted by molar-refractivity contribution is -0.298. The van der Waals surface area contributed by atoms with Gasteiger partial charge in [-0.15, -0.1) is 0 Å². The van der Waals surface area contributed by atoms with Crippen LogP contribution < -0.4 is 5.32 Å². The van der Waals surface area contributed by atoms with Crippen molar-refractivity contribution in [3.8, 4) is 0 Å². The zero-order valence-electron chi connectivity index (χ0n) is 34.5. The third kappa shape index (κ3) is 27.2. The first-order valence-electron chi connectivity index (χ1n) is 22.1. The van der Waals surface area contributed by atoms with Gasteiger partial charge >= 0.3 is 10.4 Å². The highest BCUT2D eigenvalue weighted by atomic mass is 32.3. The summed E-state index contributed by atoms with van der Waals surface area (Å²) in [5, 5.41) is 44.7. The second-order valence-electron chi connectivity index (χ2n) is 15.6. The summed E-state index contributed by atoms with van der Waals surface area (Å²) in [5.41, 5.74) is 0. The van der Waals surface area contributed by atoms with E-state index in [9.17, 15) is 33.6 Å². The molecule has 0 aliphatic carbocycles. The Bertz CT molecular complexity index is 1040. The number of aliphatic hydroxyl groups is 4. The molecular formula is C42H81NO11S. The highest BCUT2D eigenvalue weighted by Crippen LogP contribution is 2.26. The fourth-order valence-corrected chi connectivity index (χ4v) is 7.62. The third-order valence-electron chi connectivity index (χ3n) is 10.6. The Kier molecular flexibility index (Phi) is 31.8. The van der Waals surface area contributed by atoms with Crippen molar-refractivity contribution in [2.45, 2.75) is 236 Å². The van der Waals surface area contributed by atoms with Crippen molar-refractivity contribution >= 4 is 16.3 Å². The van der Waals surface area contributed by atoms with Gasteiger partial charge in [0.15, 0.2) is 6.29 Å². The Morgan fingerprint density at radius 1 is 0.709 bits per heavy atom. The van der Waals surface area contributed by atoms with Crippen molar-refractivity contribution in [2.24, 2.45) is 0 Å². The van der Waals surface area contributed by atoms with Gasteiger partial charge in [-0.25, -0.2) is 4.18 Å². The normalized spacial score (nSPS) is 21.6. The number of amides is 1. The molecule has 1 aliphatic rings. The number of hydrogen-bond donors (Lipinski definition) is 6. The maximum atomic E-state index is 13.0. The number of aliphatic hydroxyl groups excluding tert-OH is 4. The van der Waals surface area contributed by atoms with Crippen LogP contribution in [0.1, 0.15) is 194 Å². The van der Waals surface area contributed by atoms with Crippen molar-refractivity contribution in [3.05, 3.63) is 12.2 Å². The molecule has 0 saturated carbocycles. The number of unbranched alkanes of at least 4 members (excludes halogenated alkanes) is 25. The van der Waals surface area contributed by atoms with Crippen LogP contribution in [0.5, 0.6) is 0 Å². The first-order valence-corrected chi connectivity index (χ1v) is 23.4. The van der Waals surface area contributed by atoms with Crippen molar-refractivity contribution in [1.29, 1.82) is 0 Å².